The van der Waals surface area contributed by atoms with E-state index in [1.54, 1.807) is 0 Å². The Morgan fingerprint density at radius 1 is 0.317 bits per heavy atom. The molecule has 0 aliphatic heterocycles. The number of hydrogen-bond donors (Lipinski definition) is 0. The van der Waals surface area contributed by atoms with Crippen LogP contribution in [0.4, 0.5) is 17.1 Å². The Labute approximate surface area is 348 Å². The molecule has 0 bridgehead atoms. The first kappa shape index (κ1) is 32.3. The largest absolute Gasteiger partial charge is 0.310 e. The van der Waals surface area contributed by atoms with Crippen molar-refractivity contribution >= 4 is 125 Å². The van der Waals surface area contributed by atoms with Crippen molar-refractivity contribution in [2.24, 2.45) is 0 Å². The fourth-order valence-electron chi connectivity index (χ4n) is 10.4. The SMILES string of the molecule is c1ccc2c(c1)cc(-c1ccc(N(c3ccc4sc5ccccc5c4c3)c3ccc4c(c3)n3c5ccccc5c5ccc6c7ccccc7n4c6c53)cc1)c1ccccc12. The van der Waals surface area contributed by atoms with Gasteiger partial charge in [-0.05, 0) is 105 Å². The standard InChI is InChI=1S/C56H33N3S/c1-2-12-39-35(11-1)31-47(41-14-4-3-13-40(39)41)34-21-23-36(24-22-34)57(37-26-30-54-48(32-37)44-17-7-10-20-53(44)60-54)38-25-29-51-52(33-38)59-50-19-9-6-16-43(50)46-28-27-45-42-15-5-8-18-49(42)58(51)55(45)56(46)59/h1-33H. The molecule has 10 aromatic carbocycles. The Hall–Kier alpha value is -7.66. The highest BCUT2D eigenvalue weighted by Crippen LogP contribution is 2.46. The van der Waals surface area contributed by atoms with E-state index in [0.29, 0.717) is 0 Å². The topological polar surface area (TPSA) is 12.1 Å². The fraction of sp³-hybridized carbons (Fsp3) is 0. The third-order valence-corrected chi connectivity index (χ3v) is 14.1. The van der Waals surface area contributed by atoms with Crippen LogP contribution in [-0.2, 0) is 0 Å². The molecule has 0 aliphatic rings. The summed E-state index contributed by atoms with van der Waals surface area (Å²) >= 11 is 1.86. The summed E-state index contributed by atoms with van der Waals surface area (Å²) in [5, 5.41) is 12.8. The Morgan fingerprint density at radius 2 is 0.867 bits per heavy atom. The van der Waals surface area contributed by atoms with Gasteiger partial charge in [0, 0.05) is 58.8 Å². The van der Waals surface area contributed by atoms with E-state index in [0.717, 1.165) is 17.1 Å². The minimum atomic E-state index is 1.11. The van der Waals surface area contributed by atoms with E-state index in [9.17, 15) is 0 Å². The molecule has 0 aliphatic carbocycles. The number of nitrogens with zero attached hydrogens (tertiary/aromatic N) is 3. The maximum Gasteiger partial charge on any atom is 0.0789 e. The Balaban J connectivity index is 1.04. The second-order valence-electron chi connectivity index (χ2n) is 16.1. The summed E-state index contributed by atoms with van der Waals surface area (Å²) in [6.07, 6.45) is 0. The normalized spacial score (nSPS) is 12.3. The third-order valence-electron chi connectivity index (χ3n) is 13.0. The molecule has 0 amide bonds. The van der Waals surface area contributed by atoms with Crippen LogP contribution in [0.1, 0.15) is 0 Å². The van der Waals surface area contributed by atoms with Gasteiger partial charge in [-0.2, -0.15) is 0 Å². The number of para-hydroxylation sites is 2. The molecule has 0 unspecified atom stereocenters. The van der Waals surface area contributed by atoms with Gasteiger partial charge in [0.15, 0.2) is 0 Å². The minimum Gasteiger partial charge on any atom is -0.310 e. The second kappa shape index (κ2) is 12.0. The molecule has 14 aromatic rings. The summed E-state index contributed by atoms with van der Waals surface area (Å²) in [6, 6.07) is 74.3. The molecule has 14 rings (SSSR count). The van der Waals surface area contributed by atoms with E-state index < -0.39 is 0 Å². The zero-order chi connectivity index (χ0) is 39.1. The molecule has 278 valence electrons. The Bertz CT molecular complexity index is 4070. The highest BCUT2D eigenvalue weighted by Gasteiger charge is 2.23. The van der Waals surface area contributed by atoms with Gasteiger partial charge in [0.05, 0.1) is 33.1 Å². The molecule has 0 saturated heterocycles. The monoisotopic (exact) mass is 779 g/mol. The van der Waals surface area contributed by atoms with Crippen LogP contribution in [0, 0.1) is 0 Å². The predicted molar refractivity (Wildman–Crippen MR) is 258 cm³/mol. The van der Waals surface area contributed by atoms with Crippen LogP contribution >= 0.6 is 11.3 Å². The molecule has 60 heavy (non-hydrogen) atoms. The molecule has 4 heteroatoms. The van der Waals surface area contributed by atoms with Crippen molar-refractivity contribution in [3.63, 3.8) is 0 Å². The lowest BCUT2D eigenvalue weighted by Gasteiger charge is -2.26. The number of hydrogen-bond acceptors (Lipinski definition) is 2. The molecule has 0 N–H and O–H groups in total. The zero-order valence-corrected chi connectivity index (χ0v) is 33.1. The van der Waals surface area contributed by atoms with Gasteiger partial charge in [-0.25, -0.2) is 0 Å². The van der Waals surface area contributed by atoms with Gasteiger partial charge in [0.25, 0.3) is 0 Å². The summed E-state index contributed by atoms with van der Waals surface area (Å²) in [5.74, 6) is 0. The van der Waals surface area contributed by atoms with Crippen LogP contribution in [-0.4, -0.2) is 8.80 Å². The van der Waals surface area contributed by atoms with Gasteiger partial charge in [-0.15, -0.1) is 11.3 Å². The molecule has 3 nitrogen and oxygen atoms in total. The number of fused-ring (bicyclic) bond motifs is 15. The van der Waals surface area contributed by atoms with E-state index in [1.807, 2.05) is 11.3 Å². The van der Waals surface area contributed by atoms with E-state index in [2.05, 4.69) is 214 Å². The molecule has 0 atom stereocenters. The fourth-order valence-corrected chi connectivity index (χ4v) is 11.5. The van der Waals surface area contributed by atoms with Crippen molar-refractivity contribution in [3.8, 4) is 11.1 Å². The van der Waals surface area contributed by atoms with Crippen molar-refractivity contribution in [2.45, 2.75) is 0 Å². The maximum absolute atomic E-state index is 2.52. The second-order valence-corrected chi connectivity index (χ2v) is 17.2. The van der Waals surface area contributed by atoms with Gasteiger partial charge in [0.1, 0.15) is 0 Å². The predicted octanol–water partition coefficient (Wildman–Crippen LogP) is 16.1. The summed E-state index contributed by atoms with van der Waals surface area (Å²) in [7, 11) is 0. The van der Waals surface area contributed by atoms with Crippen molar-refractivity contribution in [3.05, 3.63) is 200 Å². The van der Waals surface area contributed by atoms with Crippen LogP contribution < -0.4 is 4.90 Å². The lowest BCUT2D eigenvalue weighted by atomic mass is 9.93. The Kier molecular flexibility index (Phi) is 6.44. The number of thiophene rings is 1. The lowest BCUT2D eigenvalue weighted by Crippen LogP contribution is -2.10. The highest BCUT2D eigenvalue weighted by molar-refractivity contribution is 7.25. The maximum atomic E-state index is 2.52. The van der Waals surface area contributed by atoms with Crippen molar-refractivity contribution in [1.29, 1.82) is 0 Å². The van der Waals surface area contributed by atoms with E-state index in [1.165, 1.54) is 107 Å². The van der Waals surface area contributed by atoms with Crippen LogP contribution in [0.25, 0.3) is 107 Å². The molecular weight excluding hydrogens is 747 g/mol. The van der Waals surface area contributed by atoms with Crippen LogP contribution in [0.15, 0.2) is 200 Å². The van der Waals surface area contributed by atoms with Gasteiger partial charge >= 0.3 is 0 Å². The number of aromatic nitrogens is 2. The van der Waals surface area contributed by atoms with Gasteiger partial charge < -0.3 is 13.7 Å². The average molecular weight is 780 g/mol. The summed E-state index contributed by atoms with van der Waals surface area (Å²) in [4.78, 5) is 2.45. The van der Waals surface area contributed by atoms with E-state index >= 15 is 0 Å². The zero-order valence-electron chi connectivity index (χ0n) is 32.3. The summed E-state index contributed by atoms with van der Waals surface area (Å²) in [5.41, 5.74) is 13.1. The minimum absolute atomic E-state index is 1.11. The summed E-state index contributed by atoms with van der Waals surface area (Å²) < 4.78 is 7.63. The number of benzene rings is 10. The van der Waals surface area contributed by atoms with Crippen LogP contribution in [0.3, 0.4) is 0 Å². The first-order valence-corrected chi connectivity index (χ1v) is 21.4. The third kappa shape index (κ3) is 4.32. The van der Waals surface area contributed by atoms with Crippen molar-refractivity contribution in [1.82, 2.24) is 8.80 Å². The molecule has 0 spiro atoms. The Morgan fingerprint density at radius 3 is 1.62 bits per heavy atom. The molecule has 4 aromatic heterocycles. The van der Waals surface area contributed by atoms with E-state index in [-0.39, 0.29) is 0 Å². The average Bonchev–Trinajstić information content (AvgIpc) is 3.97. The number of rotatable bonds is 4. The molecular formula is C56H33N3S. The smallest absolute Gasteiger partial charge is 0.0789 e. The number of anilines is 3. The van der Waals surface area contributed by atoms with Gasteiger partial charge in [0.2, 0.25) is 0 Å². The molecule has 4 heterocycles. The molecule has 0 radical (unpaired) electrons. The van der Waals surface area contributed by atoms with Crippen LogP contribution in [0.2, 0.25) is 0 Å². The quantitative estimate of drug-likeness (QED) is 0.128. The lowest BCUT2D eigenvalue weighted by molar-refractivity contribution is 1.24. The van der Waals surface area contributed by atoms with Crippen molar-refractivity contribution in [2.75, 3.05) is 4.90 Å². The summed E-state index contributed by atoms with van der Waals surface area (Å²) in [6.45, 7) is 0. The molecule has 0 saturated carbocycles. The van der Waals surface area contributed by atoms with Gasteiger partial charge in [-0.1, -0.05) is 127 Å². The highest BCUT2D eigenvalue weighted by atomic mass is 32.1. The van der Waals surface area contributed by atoms with Crippen molar-refractivity contribution < 1.29 is 0 Å². The molecule has 0 fully saturated rings. The van der Waals surface area contributed by atoms with Gasteiger partial charge in [-0.3, -0.25) is 0 Å². The van der Waals surface area contributed by atoms with E-state index in [4.69, 9.17) is 0 Å². The first-order chi connectivity index (χ1) is 29.8. The van der Waals surface area contributed by atoms with Crippen LogP contribution in [0.5, 0.6) is 0 Å². The first-order valence-electron chi connectivity index (χ1n) is 20.6.